The quantitative estimate of drug-likeness (QED) is 0.579. The normalized spacial score (nSPS) is 12.5. The minimum atomic E-state index is -1.81. The number of thiophene rings is 1. The average molecular weight is 394 g/mol. The van der Waals surface area contributed by atoms with Gasteiger partial charge in [-0.2, -0.15) is 0 Å². The maximum atomic E-state index is 12.6. The van der Waals surface area contributed by atoms with Gasteiger partial charge >= 0.3 is 5.97 Å². The van der Waals surface area contributed by atoms with Crippen LogP contribution < -0.4 is 0 Å². The zero-order valence-corrected chi connectivity index (χ0v) is 16.6. The van der Waals surface area contributed by atoms with E-state index in [1.165, 1.54) is 11.3 Å². The number of benzene rings is 1. The number of halogens is 1. The van der Waals surface area contributed by atoms with E-state index in [0.29, 0.717) is 17.0 Å². The van der Waals surface area contributed by atoms with Crippen LogP contribution in [0.3, 0.4) is 0 Å². The predicted molar refractivity (Wildman–Crippen MR) is 108 cm³/mol. The van der Waals surface area contributed by atoms with Gasteiger partial charge in [-0.05, 0) is 24.5 Å². The van der Waals surface area contributed by atoms with Gasteiger partial charge in [0.05, 0.1) is 11.4 Å². The number of aliphatic hydroxyl groups is 1. The van der Waals surface area contributed by atoms with E-state index in [1.54, 1.807) is 36.4 Å². The van der Waals surface area contributed by atoms with E-state index in [9.17, 15) is 9.90 Å². The molecule has 1 aromatic carbocycles. The number of ether oxygens (including phenoxy) is 1. The summed E-state index contributed by atoms with van der Waals surface area (Å²) in [5.74, 6) is 5.12. The van der Waals surface area contributed by atoms with Gasteiger partial charge in [0.1, 0.15) is 0 Å². The van der Waals surface area contributed by atoms with E-state index >= 15 is 0 Å². The summed E-state index contributed by atoms with van der Waals surface area (Å²) in [6.07, 6.45) is 0. The minimum absolute atomic E-state index is 0. The van der Waals surface area contributed by atoms with E-state index in [-0.39, 0.29) is 19.0 Å². The number of nitrogens with zero attached hydrogens (tertiary/aromatic N) is 1. The standard InChI is InChI=1S/C20H23NO3S.ClH/c1-3-21(4-2)14-8-9-15-24-19(22)20(23,18-13-10-16-25-18)17-11-6-5-7-12-17;/h5-7,10-13,16,23H,3-4,14-15H2,1-2H3;1H. The number of carbonyl (C=O) groups is 1. The fourth-order valence-corrected chi connectivity index (χ4v) is 3.23. The SMILES string of the molecule is CCN(CC)CC#CCOC(=O)C(O)(c1ccccc1)c1cccs1.Cl. The molecular weight excluding hydrogens is 370 g/mol. The van der Waals surface area contributed by atoms with Crippen molar-refractivity contribution < 1.29 is 14.6 Å². The molecule has 26 heavy (non-hydrogen) atoms. The minimum Gasteiger partial charge on any atom is -0.450 e. The molecule has 0 aliphatic rings. The van der Waals surface area contributed by atoms with Gasteiger partial charge in [-0.15, -0.1) is 23.7 Å². The van der Waals surface area contributed by atoms with E-state index < -0.39 is 11.6 Å². The van der Waals surface area contributed by atoms with Crippen molar-refractivity contribution in [3.8, 4) is 11.8 Å². The van der Waals surface area contributed by atoms with Gasteiger partial charge in [-0.25, -0.2) is 4.79 Å². The molecule has 1 heterocycles. The first kappa shape index (κ1) is 22.2. The monoisotopic (exact) mass is 393 g/mol. The molecule has 2 aromatic rings. The van der Waals surface area contributed by atoms with Gasteiger partial charge in [0.15, 0.2) is 6.61 Å². The Morgan fingerprint density at radius 2 is 1.85 bits per heavy atom. The molecule has 2 rings (SSSR count). The van der Waals surface area contributed by atoms with Crippen molar-refractivity contribution in [2.75, 3.05) is 26.2 Å². The maximum absolute atomic E-state index is 12.6. The van der Waals surface area contributed by atoms with Crippen molar-refractivity contribution in [2.45, 2.75) is 19.4 Å². The maximum Gasteiger partial charge on any atom is 0.349 e. The van der Waals surface area contributed by atoms with Crippen molar-refractivity contribution in [3.05, 3.63) is 58.3 Å². The average Bonchev–Trinajstić information content (AvgIpc) is 3.19. The molecule has 0 aliphatic heterocycles. The smallest absolute Gasteiger partial charge is 0.349 e. The molecule has 1 aromatic heterocycles. The highest BCUT2D eigenvalue weighted by molar-refractivity contribution is 7.10. The summed E-state index contributed by atoms with van der Waals surface area (Å²) < 4.78 is 5.26. The fourth-order valence-electron chi connectivity index (χ4n) is 2.40. The lowest BCUT2D eigenvalue weighted by Gasteiger charge is -2.24. The summed E-state index contributed by atoms with van der Waals surface area (Å²) in [6, 6.07) is 12.4. The molecule has 0 spiro atoms. The second-order valence-electron chi connectivity index (χ2n) is 5.44. The highest BCUT2D eigenvalue weighted by atomic mass is 35.5. The number of hydrogen-bond acceptors (Lipinski definition) is 5. The Bertz CT molecular complexity index is 721. The lowest BCUT2D eigenvalue weighted by molar-refractivity contribution is -0.160. The third-order valence-electron chi connectivity index (χ3n) is 3.96. The van der Waals surface area contributed by atoms with E-state index in [2.05, 4.69) is 30.6 Å². The van der Waals surface area contributed by atoms with Crippen LogP contribution in [0.5, 0.6) is 0 Å². The molecule has 1 N–H and O–H groups in total. The van der Waals surface area contributed by atoms with E-state index in [4.69, 9.17) is 4.74 Å². The Hall–Kier alpha value is -1.84. The highest BCUT2D eigenvalue weighted by Crippen LogP contribution is 2.33. The highest BCUT2D eigenvalue weighted by Gasteiger charge is 2.42. The molecule has 0 radical (unpaired) electrons. The van der Waals surface area contributed by atoms with Crippen LogP contribution in [0.2, 0.25) is 0 Å². The number of esters is 1. The first-order chi connectivity index (χ1) is 12.1. The zero-order chi connectivity index (χ0) is 18.1. The Labute approximate surface area is 165 Å². The van der Waals surface area contributed by atoms with Gasteiger partial charge in [0.2, 0.25) is 5.60 Å². The topological polar surface area (TPSA) is 49.8 Å². The molecular formula is C20H24ClNO3S. The molecule has 0 aliphatic carbocycles. The van der Waals surface area contributed by atoms with Crippen molar-refractivity contribution in [2.24, 2.45) is 0 Å². The summed E-state index contributed by atoms with van der Waals surface area (Å²) >= 11 is 1.31. The van der Waals surface area contributed by atoms with Gasteiger partial charge in [0, 0.05) is 5.56 Å². The first-order valence-electron chi connectivity index (χ1n) is 8.30. The fraction of sp³-hybridized carbons (Fsp3) is 0.350. The van der Waals surface area contributed by atoms with Crippen LogP contribution in [-0.2, 0) is 15.1 Å². The van der Waals surface area contributed by atoms with Crippen LogP contribution in [-0.4, -0.2) is 42.2 Å². The molecule has 0 amide bonds. The first-order valence-corrected chi connectivity index (χ1v) is 9.18. The van der Waals surface area contributed by atoms with Crippen LogP contribution in [0, 0.1) is 11.8 Å². The van der Waals surface area contributed by atoms with Gasteiger partial charge in [-0.3, -0.25) is 4.90 Å². The molecule has 4 nitrogen and oxygen atoms in total. The zero-order valence-electron chi connectivity index (χ0n) is 15.0. The van der Waals surface area contributed by atoms with Gasteiger partial charge in [0.25, 0.3) is 0 Å². The van der Waals surface area contributed by atoms with Crippen LogP contribution in [0.15, 0.2) is 47.8 Å². The Morgan fingerprint density at radius 1 is 1.15 bits per heavy atom. The summed E-state index contributed by atoms with van der Waals surface area (Å²) in [5.41, 5.74) is -1.32. The van der Waals surface area contributed by atoms with E-state index in [1.807, 2.05) is 11.4 Å². The number of hydrogen-bond donors (Lipinski definition) is 1. The summed E-state index contributed by atoms with van der Waals surface area (Å²) in [4.78, 5) is 15.3. The van der Waals surface area contributed by atoms with Gasteiger partial charge in [-0.1, -0.05) is 62.1 Å². The molecule has 0 saturated carbocycles. The predicted octanol–water partition coefficient (Wildman–Crippen LogP) is 3.29. The van der Waals surface area contributed by atoms with Crippen molar-refractivity contribution in [1.82, 2.24) is 4.90 Å². The van der Waals surface area contributed by atoms with Crippen molar-refractivity contribution in [1.29, 1.82) is 0 Å². The van der Waals surface area contributed by atoms with Crippen LogP contribution in [0.4, 0.5) is 0 Å². The lowest BCUT2D eigenvalue weighted by atomic mass is 9.92. The molecule has 140 valence electrons. The number of carbonyl (C=O) groups excluding carboxylic acids is 1. The van der Waals surface area contributed by atoms with Gasteiger partial charge < -0.3 is 9.84 Å². The Balaban J connectivity index is 0.00000338. The van der Waals surface area contributed by atoms with Crippen molar-refractivity contribution >= 4 is 29.7 Å². The molecule has 0 fully saturated rings. The third-order valence-corrected chi connectivity index (χ3v) is 4.94. The summed E-state index contributed by atoms with van der Waals surface area (Å²) in [5, 5.41) is 12.9. The van der Waals surface area contributed by atoms with Crippen LogP contribution in [0.1, 0.15) is 24.3 Å². The molecule has 0 saturated heterocycles. The molecule has 0 bridgehead atoms. The molecule has 1 unspecified atom stereocenters. The van der Waals surface area contributed by atoms with Crippen LogP contribution >= 0.6 is 23.7 Å². The van der Waals surface area contributed by atoms with E-state index in [0.717, 1.165) is 13.1 Å². The third kappa shape index (κ3) is 5.33. The number of rotatable bonds is 7. The Kier molecular flexibility index (Phi) is 9.39. The molecule has 6 heteroatoms. The largest absolute Gasteiger partial charge is 0.450 e. The lowest BCUT2D eigenvalue weighted by Crippen LogP contribution is -2.38. The Morgan fingerprint density at radius 3 is 2.42 bits per heavy atom. The summed E-state index contributed by atoms with van der Waals surface area (Å²) in [6.45, 7) is 6.60. The summed E-state index contributed by atoms with van der Waals surface area (Å²) in [7, 11) is 0. The molecule has 1 atom stereocenters. The van der Waals surface area contributed by atoms with Crippen LogP contribution in [0.25, 0.3) is 0 Å². The van der Waals surface area contributed by atoms with Crippen molar-refractivity contribution in [3.63, 3.8) is 0 Å². The second kappa shape index (κ2) is 11.0. The second-order valence-corrected chi connectivity index (χ2v) is 6.39.